The molecule has 0 saturated heterocycles. The Morgan fingerprint density at radius 2 is 0.268 bits per heavy atom. The standard InChI is InChI=1S/C48H62B31N3/c49-9-1(2-10(50)4-6-14(54)18(58)23(63)32(72)43(6)81(41(4)30(70)12(2)52)47-34(74)25(65)20(60)26(66)35(47)75)11(51)29(69)40-3(9)5-13(53)17(57)22(62)31(71)42(5)80(40)46-16(56)8-7-15(55)19(59)24(64)33(73)44(7)82(45(8)38(78)39(46)79)48-36(76)27(67)21(61)28(68)37(48)77/h49-79H2. The molecule has 0 amide bonds. The molecule has 34 heteroatoms. The Kier molecular flexibility index (Phi) is 14.1. The number of hydrogen-bond acceptors (Lipinski definition) is 0. The van der Waals surface area contributed by atoms with E-state index in [9.17, 15) is 0 Å². The number of hydrogen-bond donors (Lipinski definition) is 0. The van der Waals surface area contributed by atoms with Gasteiger partial charge in [-0.2, -0.15) is 0 Å². The van der Waals surface area contributed by atoms with Gasteiger partial charge in [-0.1, -0.05) is 142 Å². The summed E-state index contributed by atoms with van der Waals surface area (Å²) in [4.78, 5) is 0. The summed E-state index contributed by atoms with van der Waals surface area (Å²) in [7, 11) is 73.9. The van der Waals surface area contributed by atoms with Crippen LogP contribution in [0.5, 0.6) is 0 Å². The van der Waals surface area contributed by atoms with Gasteiger partial charge in [-0.25, -0.2) is 0 Å². The molecule has 0 aliphatic carbocycles. The van der Waals surface area contributed by atoms with Crippen LogP contribution in [0.2, 0.25) is 0 Å². The van der Waals surface area contributed by atoms with Crippen LogP contribution in [0.25, 0.3) is 93.6 Å². The van der Waals surface area contributed by atoms with Gasteiger partial charge in [0.15, 0.2) is 0 Å². The fourth-order valence-corrected chi connectivity index (χ4v) is 16.5. The van der Waals surface area contributed by atoms with Crippen molar-refractivity contribution in [3.63, 3.8) is 0 Å². The number of nitrogens with zero attached hydrogens (tertiary/aromatic N) is 3. The Morgan fingerprint density at radius 1 is 0.122 bits per heavy atom. The highest BCUT2D eigenvalue weighted by atomic mass is 15.0. The van der Waals surface area contributed by atoms with Crippen molar-refractivity contribution in [1.29, 1.82) is 0 Å². The first-order chi connectivity index (χ1) is 38.2. The highest BCUT2D eigenvalue weighted by molar-refractivity contribution is 6.76. The molecule has 8 aromatic carbocycles. The molecule has 0 aliphatic rings. The van der Waals surface area contributed by atoms with Crippen LogP contribution in [0.4, 0.5) is 0 Å². The van der Waals surface area contributed by atoms with Crippen LogP contribution in [0.1, 0.15) is 0 Å². The van der Waals surface area contributed by atoms with Gasteiger partial charge in [0.05, 0.1) is 0 Å². The van der Waals surface area contributed by atoms with Crippen LogP contribution in [-0.4, -0.2) is 257 Å². The van der Waals surface area contributed by atoms with E-state index in [-0.39, 0.29) is 0 Å². The minimum atomic E-state index is 1.32. The minimum absolute atomic E-state index is 1.32. The predicted molar refractivity (Wildman–Crippen MR) is 468 cm³/mol. The third kappa shape index (κ3) is 7.23. The van der Waals surface area contributed by atoms with E-state index >= 15 is 0 Å². The molecule has 11 rings (SSSR count). The number of benzene rings is 8. The third-order valence-corrected chi connectivity index (χ3v) is 23.7. The number of aromatic nitrogens is 3. The van der Waals surface area contributed by atoms with Crippen molar-refractivity contribution in [2.45, 2.75) is 0 Å². The molecule has 3 aromatic heterocycles. The van der Waals surface area contributed by atoms with Crippen LogP contribution < -0.4 is 169 Å². The Labute approximate surface area is 516 Å². The first kappa shape index (κ1) is 58.9. The van der Waals surface area contributed by atoms with Gasteiger partial charge < -0.3 is 13.7 Å². The summed E-state index contributed by atoms with van der Waals surface area (Å²) in [6.45, 7) is 0. The van der Waals surface area contributed by atoms with E-state index in [1.807, 2.05) is 0 Å². The second-order valence-electron chi connectivity index (χ2n) is 26.5. The second-order valence-corrected chi connectivity index (χ2v) is 26.5. The summed E-state index contributed by atoms with van der Waals surface area (Å²) in [6.07, 6.45) is 0. The zero-order valence-corrected chi connectivity index (χ0v) is 56.3. The average molecular weight is 1020 g/mol. The molecule has 0 fully saturated rings. The van der Waals surface area contributed by atoms with Crippen LogP contribution in [0.15, 0.2) is 0 Å². The molecule has 0 radical (unpaired) electrons. The first-order valence-corrected chi connectivity index (χ1v) is 30.5. The van der Waals surface area contributed by atoms with Crippen molar-refractivity contribution in [3.8, 4) is 28.2 Å². The summed E-state index contributed by atoms with van der Waals surface area (Å²) in [6, 6.07) is 0. The van der Waals surface area contributed by atoms with Gasteiger partial charge in [0.25, 0.3) is 0 Å². The Hall–Kier alpha value is -4.83. The molecule has 82 heavy (non-hydrogen) atoms. The third-order valence-electron chi connectivity index (χ3n) is 23.7. The van der Waals surface area contributed by atoms with E-state index in [2.05, 4.69) is 257 Å². The second kappa shape index (κ2) is 19.6. The Balaban J connectivity index is 1.35. The molecule has 0 aliphatic heterocycles. The summed E-state index contributed by atoms with van der Waals surface area (Å²) in [5, 5.41) is 8.36. The summed E-state index contributed by atoms with van der Waals surface area (Å²) >= 11 is 0. The topological polar surface area (TPSA) is 14.8 Å². The van der Waals surface area contributed by atoms with Crippen LogP contribution >= 0.6 is 0 Å². The molecule has 362 valence electrons. The van der Waals surface area contributed by atoms with Gasteiger partial charge in [-0.3, -0.25) is 0 Å². The molecular formula is C48H62B31N3. The van der Waals surface area contributed by atoms with Crippen molar-refractivity contribution in [2.24, 2.45) is 0 Å². The Morgan fingerprint density at radius 3 is 0.524 bits per heavy atom. The van der Waals surface area contributed by atoms with Crippen LogP contribution in [-0.2, 0) is 0 Å². The van der Waals surface area contributed by atoms with Gasteiger partial charge in [-0.05, 0) is 27.3 Å². The number of fused-ring (bicyclic) bond motifs is 9. The minimum Gasteiger partial charge on any atom is -0.312 e. The molecule has 0 saturated carbocycles. The monoisotopic (exact) mass is 1020 g/mol. The molecule has 3 heterocycles. The van der Waals surface area contributed by atoms with Crippen molar-refractivity contribution in [2.75, 3.05) is 0 Å². The van der Waals surface area contributed by atoms with Crippen molar-refractivity contribution < 1.29 is 0 Å². The van der Waals surface area contributed by atoms with Gasteiger partial charge in [0.1, 0.15) is 243 Å². The zero-order chi connectivity index (χ0) is 60.4. The summed E-state index contributed by atoms with van der Waals surface area (Å²) in [5.41, 5.74) is 57.5. The maximum absolute atomic E-state index is 2.79. The van der Waals surface area contributed by atoms with Gasteiger partial charge in [-0.15, -0.1) is 27.3 Å². The molecule has 0 unspecified atom stereocenters. The zero-order valence-electron chi connectivity index (χ0n) is 56.3. The number of rotatable bonds is 4. The van der Waals surface area contributed by atoms with Gasteiger partial charge in [0, 0.05) is 66.3 Å². The highest BCUT2D eigenvalue weighted by Crippen LogP contribution is 2.33. The lowest BCUT2D eigenvalue weighted by atomic mass is 9.61. The average Bonchev–Trinajstić information content (AvgIpc) is 1.79. The van der Waals surface area contributed by atoms with Crippen LogP contribution in [0, 0.1) is 0 Å². The van der Waals surface area contributed by atoms with E-state index in [0.29, 0.717) is 0 Å². The first-order valence-electron chi connectivity index (χ1n) is 30.5. The quantitative estimate of drug-likeness (QED) is 0.156. The maximum Gasteiger partial charge on any atom is 0.142 e. The largest absolute Gasteiger partial charge is 0.312 e. The summed E-state index contributed by atoms with van der Waals surface area (Å²) in [5.74, 6) is 0. The lowest BCUT2D eigenvalue weighted by Gasteiger charge is -2.26. The highest BCUT2D eigenvalue weighted by Gasteiger charge is 2.33. The van der Waals surface area contributed by atoms with E-state index in [0.717, 1.165) is 0 Å². The molecule has 0 spiro atoms. The van der Waals surface area contributed by atoms with E-state index in [1.165, 1.54) is 263 Å². The van der Waals surface area contributed by atoms with E-state index in [4.69, 9.17) is 0 Å². The van der Waals surface area contributed by atoms with Crippen molar-refractivity contribution in [3.05, 3.63) is 0 Å². The smallest absolute Gasteiger partial charge is 0.142 e. The fraction of sp³-hybridized carbons (Fsp3) is 0. The van der Waals surface area contributed by atoms with E-state index in [1.54, 1.807) is 0 Å². The van der Waals surface area contributed by atoms with Crippen molar-refractivity contribution in [1.82, 2.24) is 13.7 Å². The van der Waals surface area contributed by atoms with Crippen LogP contribution in [0.3, 0.4) is 0 Å². The molecule has 0 bridgehead atoms. The molecule has 0 atom stereocenters. The lowest BCUT2D eigenvalue weighted by molar-refractivity contribution is 1.21. The van der Waals surface area contributed by atoms with E-state index < -0.39 is 0 Å². The predicted octanol–water partition coefficient (Wildman–Crippen LogP) is -41.3. The molecule has 11 aromatic rings. The van der Waals surface area contributed by atoms with Gasteiger partial charge in [0.2, 0.25) is 0 Å². The molecule has 0 N–H and O–H groups in total. The molecule has 3 nitrogen and oxygen atoms in total. The SMILES string of the molecule is Bc1c(B)c(B)c(-n2c3c(B)c(B)c(B)c(B)c3c3c(B)c(-c4c(B)c(B)c5c(c4B)c4c(B)c(B)c(B)c(B)c4n5-c4c(B)c(B)c5c(c4B)c4c(B)c(B)c(B)c(B)c4n5-c4c(B)c(B)c(B)c(B)c4B)c(B)c(B)c32)c(B)c1B. The summed E-state index contributed by atoms with van der Waals surface area (Å²) < 4.78 is 8.23. The molecular weight excluding hydrogens is 954 g/mol. The maximum atomic E-state index is 2.79. The Bertz CT molecular complexity index is 4880. The van der Waals surface area contributed by atoms with Crippen molar-refractivity contribution >= 4 is 478 Å². The normalized spacial score (nSPS) is 12.0. The lowest BCUT2D eigenvalue weighted by Crippen LogP contribution is -2.56. The van der Waals surface area contributed by atoms with Gasteiger partial charge >= 0.3 is 0 Å². The fourth-order valence-electron chi connectivity index (χ4n) is 16.5.